The summed E-state index contributed by atoms with van der Waals surface area (Å²) >= 11 is 0. The van der Waals surface area contributed by atoms with Crippen LogP contribution in [0.5, 0.6) is 0 Å². The van der Waals surface area contributed by atoms with Gasteiger partial charge in [-0.3, -0.25) is 19.6 Å². The van der Waals surface area contributed by atoms with E-state index in [1.165, 1.54) is 13.3 Å². The van der Waals surface area contributed by atoms with Crippen LogP contribution in [0, 0.1) is 0 Å². The number of hydrogen-bond donors (Lipinski definition) is 6. The zero-order chi connectivity index (χ0) is 37.4. The first-order valence-corrected chi connectivity index (χ1v) is 16.2. The molecule has 5 heterocycles. The predicted molar refractivity (Wildman–Crippen MR) is 172 cm³/mol. The fourth-order valence-electron chi connectivity index (χ4n) is 5.63. The van der Waals surface area contributed by atoms with Crippen LogP contribution in [-0.4, -0.2) is 162 Å². The third-order valence-corrected chi connectivity index (χ3v) is 8.44. The Hall–Kier alpha value is -4.35. The maximum absolute atomic E-state index is 13.3. The fraction of sp³-hybridized carbons (Fsp3) is 0.531. The molecule has 2 aliphatic rings. The molecule has 0 aromatic carbocycles. The number of aliphatic hydroxyl groups excluding tert-OH is 4. The SMILES string of the molecule is COC1OC(C(=O)CCCNCCC(=O)c2ccc(-c3nnc(-c4ccccn4)nn3)nc2)C(OC2OC(C(=O)O)C(OC)C(O)C2O)C(O)C1O. The van der Waals surface area contributed by atoms with Crippen LogP contribution >= 0.6 is 0 Å². The van der Waals surface area contributed by atoms with Gasteiger partial charge in [-0.15, -0.1) is 20.4 Å². The lowest BCUT2D eigenvalue weighted by atomic mass is 9.93. The number of nitrogens with one attached hydrogen (secondary N) is 1. The Kier molecular flexibility index (Phi) is 13.4. The number of rotatable bonds is 16. The van der Waals surface area contributed by atoms with Crippen LogP contribution < -0.4 is 5.32 Å². The molecule has 0 spiro atoms. The summed E-state index contributed by atoms with van der Waals surface area (Å²) in [5.41, 5.74) is 1.27. The van der Waals surface area contributed by atoms with Crippen LogP contribution in [0.15, 0.2) is 42.7 Å². The molecule has 2 fully saturated rings. The molecule has 10 unspecified atom stereocenters. The van der Waals surface area contributed by atoms with Gasteiger partial charge in [-0.1, -0.05) is 6.07 Å². The predicted octanol–water partition coefficient (Wildman–Crippen LogP) is -2.07. The smallest absolute Gasteiger partial charge is 0.335 e. The third-order valence-electron chi connectivity index (χ3n) is 8.44. The van der Waals surface area contributed by atoms with E-state index in [9.17, 15) is 39.9 Å². The first kappa shape index (κ1) is 38.9. The van der Waals surface area contributed by atoms with Crippen molar-refractivity contribution in [3.63, 3.8) is 0 Å². The number of Topliss-reactive ketones (excluding diaryl/α,β-unsaturated/α-hetero) is 2. The monoisotopic (exact) mass is 729 g/mol. The highest BCUT2D eigenvalue weighted by atomic mass is 16.7. The number of carbonyl (C=O) groups is 3. The van der Waals surface area contributed by atoms with E-state index in [0.717, 1.165) is 7.11 Å². The van der Waals surface area contributed by atoms with E-state index in [0.29, 0.717) is 23.5 Å². The van der Waals surface area contributed by atoms with Gasteiger partial charge in [-0.05, 0) is 37.2 Å². The van der Waals surface area contributed by atoms with E-state index in [-0.39, 0.29) is 43.2 Å². The normalized spacial score (nSPS) is 29.0. The van der Waals surface area contributed by atoms with Gasteiger partial charge in [0, 0.05) is 51.6 Å². The molecule has 0 amide bonds. The van der Waals surface area contributed by atoms with E-state index < -0.39 is 73.2 Å². The number of carbonyl (C=O) groups excluding carboxylic acids is 2. The number of nitrogens with zero attached hydrogens (tertiary/aromatic N) is 6. The molecule has 5 rings (SSSR count). The van der Waals surface area contributed by atoms with Gasteiger partial charge in [-0.25, -0.2) is 4.79 Å². The fourth-order valence-corrected chi connectivity index (χ4v) is 5.63. The summed E-state index contributed by atoms with van der Waals surface area (Å²) in [5, 5.41) is 71.1. The second-order valence-electron chi connectivity index (χ2n) is 11.9. The second-order valence-corrected chi connectivity index (χ2v) is 11.9. The lowest BCUT2D eigenvalue weighted by Crippen LogP contribution is -2.65. The summed E-state index contributed by atoms with van der Waals surface area (Å²) < 4.78 is 26.6. The first-order chi connectivity index (χ1) is 25.0. The van der Waals surface area contributed by atoms with Crippen molar-refractivity contribution < 1.29 is 63.6 Å². The summed E-state index contributed by atoms with van der Waals surface area (Å²) in [7, 11) is 2.31. The highest BCUT2D eigenvalue weighted by Gasteiger charge is 2.53. The number of aliphatic hydroxyl groups is 4. The van der Waals surface area contributed by atoms with Gasteiger partial charge in [0.15, 0.2) is 30.3 Å². The molecule has 20 heteroatoms. The molecule has 280 valence electrons. The van der Waals surface area contributed by atoms with Crippen LogP contribution in [0.1, 0.15) is 29.6 Å². The van der Waals surface area contributed by atoms with Crippen molar-refractivity contribution in [2.24, 2.45) is 0 Å². The summed E-state index contributed by atoms with van der Waals surface area (Å²) in [6.45, 7) is 0.601. The molecule has 0 saturated carbocycles. The van der Waals surface area contributed by atoms with Crippen molar-refractivity contribution >= 4 is 17.5 Å². The van der Waals surface area contributed by atoms with E-state index in [1.54, 1.807) is 36.5 Å². The van der Waals surface area contributed by atoms with E-state index >= 15 is 0 Å². The Balaban J connectivity index is 1.10. The summed E-state index contributed by atoms with van der Waals surface area (Å²) in [6, 6.07) is 8.47. The third kappa shape index (κ3) is 8.98. The van der Waals surface area contributed by atoms with Gasteiger partial charge in [-0.2, -0.15) is 0 Å². The Morgan fingerprint density at radius 2 is 1.40 bits per heavy atom. The minimum Gasteiger partial charge on any atom is -0.479 e. The van der Waals surface area contributed by atoms with Gasteiger partial charge in [0.05, 0.1) is 0 Å². The molecule has 10 atom stereocenters. The lowest BCUT2D eigenvalue weighted by Gasteiger charge is -2.45. The molecular formula is C32H39N7O13. The molecule has 0 aliphatic carbocycles. The number of hydrogen-bond acceptors (Lipinski definition) is 19. The topological polar surface area (TPSA) is 288 Å². The van der Waals surface area contributed by atoms with Crippen molar-refractivity contribution in [1.29, 1.82) is 0 Å². The average molecular weight is 730 g/mol. The van der Waals surface area contributed by atoms with Crippen molar-refractivity contribution in [2.45, 2.75) is 80.7 Å². The van der Waals surface area contributed by atoms with Crippen molar-refractivity contribution in [3.8, 4) is 23.0 Å². The Morgan fingerprint density at radius 1 is 0.750 bits per heavy atom. The standard InChI is InChI=1S/C32H39N7O13/c1-48-25-20(42)23(45)32(52-27(25)30(46)47)51-26-21(43)22(44)31(49-2)50-24(26)19(41)7-5-11-33-13-10-18(40)15-8-9-17(35-14-15)29-38-36-28(37-39-29)16-6-3-4-12-34-16/h3-4,6,8-9,12,14,20-27,31-33,42-45H,5,7,10-11,13H2,1-2H3,(H,46,47). The van der Waals surface area contributed by atoms with Gasteiger partial charge in [0.1, 0.15) is 54.1 Å². The van der Waals surface area contributed by atoms with Crippen molar-refractivity contribution in [2.75, 3.05) is 27.3 Å². The molecule has 6 N–H and O–H groups in total. The van der Waals surface area contributed by atoms with Crippen LogP contribution in [0.2, 0.25) is 0 Å². The molecule has 2 saturated heterocycles. The number of methoxy groups -OCH3 is 2. The minimum absolute atomic E-state index is 0.106. The number of carboxylic acids is 1. The Bertz CT molecular complexity index is 1640. The van der Waals surface area contributed by atoms with E-state index in [1.807, 2.05) is 0 Å². The number of ketones is 2. The summed E-state index contributed by atoms with van der Waals surface area (Å²) in [5.74, 6) is -1.83. The summed E-state index contributed by atoms with van der Waals surface area (Å²) in [6.07, 6.45) is -13.4. The molecule has 0 bridgehead atoms. The minimum atomic E-state index is -1.85. The van der Waals surface area contributed by atoms with Crippen LogP contribution in [0.4, 0.5) is 0 Å². The molecule has 20 nitrogen and oxygen atoms in total. The molecule has 2 aliphatic heterocycles. The maximum atomic E-state index is 13.3. The number of ether oxygens (including phenoxy) is 5. The van der Waals surface area contributed by atoms with Gasteiger partial charge in [0.2, 0.25) is 11.6 Å². The van der Waals surface area contributed by atoms with Gasteiger partial charge in [0.25, 0.3) is 0 Å². The van der Waals surface area contributed by atoms with Crippen molar-refractivity contribution in [3.05, 3.63) is 48.3 Å². The number of pyridine rings is 2. The average Bonchev–Trinajstić information content (AvgIpc) is 3.16. The highest BCUT2D eigenvalue weighted by Crippen LogP contribution is 2.31. The lowest BCUT2D eigenvalue weighted by molar-refractivity contribution is -0.348. The largest absolute Gasteiger partial charge is 0.479 e. The van der Waals surface area contributed by atoms with Gasteiger partial charge >= 0.3 is 5.97 Å². The molecule has 3 aromatic rings. The molecule has 52 heavy (non-hydrogen) atoms. The van der Waals surface area contributed by atoms with Crippen molar-refractivity contribution in [1.82, 2.24) is 35.7 Å². The highest BCUT2D eigenvalue weighted by molar-refractivity contribution is 5.96. The van der Waals surface area contributed by atoms with Crippen LogP contribution in [0.25, 0.3) is 23.0 Å². The Morgan fingerprint density at radius 3 is 2.00 bits per heavy atom. The zero-order valence-electron chi connectivity index (χ0n) is 28.0. The summed E-state index contributed by atoms with van der Waals surface area (Å²) in [4.78, 5) is 46.1. The van der Waals surface area contributed by atoms with Gasteiger partial charge < -0.3 is 54.5 Å². The van der Waals surface area contributed by atoms with Crippen LogP contribution in [0.3, 0.4) is 0 Å². The van der Waals surface area contributed by atoms with E-state index in [4.69, 9.17) is 23.7 Å². The number of aliphatic carboxylic acids is 1. The molecular weight excluding hydrogens is 690 g/mol. The zero-order valence-corrected chi connectivity index (χ0v) is 28.0. The molecule has 3 aromatic heterocycles. The van der Waals surface area contributed by atoms with Crippen LogP contribution in [-0.2, 0) is 33.3 Å². The van der Waals surface area contributed by atoms with E-state index in [2.05, 4.69) is 35.7 Å². The first-order valence-electron chi connectivity index (χ1n) is 16.2. The number of aromatic nitrogens is 6. The second kappa shape index (κ2) is 17.9. The Labute approximate surface area is 296 Å². The quantitative estimate of drug-likeness (QED) is 0.0681. The maximum Gasteiger partial charge on any atom is 0.335 e. The number of carboxylic acid groups (broad SMARTS) is 1. The molecule has 0 radical (unpaired) electrons.